The number of likely N-dealkylation sites (tertiary alicyclic amines) is 1. The van der Waals surface area contributed by atoms with Crippen LogP contribution in [0.25, 0.3) is 22.0 Å². The molecule has 9 heteroatoms. The molecule has 1 atom stereocenters. The van der Waals surface area contributed by atoms with Gasteiger partial charge in [-0.1, -0.05) is 17.7 Å². The molecule has 0 amide bonds. The van der Waals surface area contributed by atoms with E-state index in [1.165, 1.54) is 19.1 Å². The molecule has 6 nitrogen and oxygen atoms in total. The van der Waals surface area contributed by atoms with E-state index in [4.69, 9.17) is 11.6 Å². The molecular formula is C29H34Cl2FN3O3. The van der Waals surface area contributed by atoms with Gasteiger partial charge in [-0.15, -0.1) is 12.4 Å². The number of Topliss-reactive ketones (excluding diaryl/α,β-unsaturated/α-hetero) is 1. The molecular weight excluding hydrogens is 528 g/mol. The number of hydrogen-bond acceptors (Lipinski definition) is 6. The van der Waals surface area contributed by atoms with Gasteiger partial charge in [-0.05, 0) is 93.3 Å². The molecule has 2 aliphatic rings. The maximum atomic E-state index is 14.2. The van der Waals surface area contributed by atoms with Gasteiger partial charge in [0.2, 0.25) is 0 Å². The number of rotatable bonds is 7. The number of aliphatic hydroxyl groups is 1. The van der Waals surface area contributed by atoms with E-state index in [2.05, 4.69) is 15.2 Å². The highest BCUT2D eigenvalue weighted by Crippen LogP contribution is 2.37. The lowest BCUT2D eigenvalue weighted by Gasteiger charge is -2.34. The molecule has 2 fully saturated rings. The first-order valence-corrected chi connectivity index (χ1v) is 13.5. The molecule has 3 N–H and O–H groups in total. The summed E-state index contributed by atoms with van der Waals surface area (Å²) >= 11 is 6.02. The highest BCUT2D eigenvalue weighted by Gasteiger charge is 2.29. The van der Waals surface area contributed by atoms with Crippen molar-refractivity contribution in [3.8, 4) is 16.9 Å². The molecule has 204 valence electrons. The van der Waals surface area contributed by atoms with Crippen molar-refractivity contribution in [3.05, 3.63) is 52.9 Å². The van der Waals surface area contributed by atoms with Crippen molar-refractivity contribution in [2.24, 2.45) is 5.92 Å². The van der Waals surface area contributed by atoms with Crippen molar-refractivity contribution in [2.75, 3.05) is 25.0 Å². The molecule has 1 aliphatic heterocycles. The van der Waals surface area contributed by atoms with Crippen LogP contribution in [-0.4, -0.2) is 57.7 Å². The van der Waals surface area contributed by atoms with Gasteiger partial charge in [0.05, 0.1) is 28.4 Å². The summed E-state index contributed by atoms with van der Waals surface area (Å²) in [6.45, 7) is 3.90. The third-order valence-corrected chi connectivity index (χ3v) is 8.28. The minimum Gasteiger partial charge on any atom is -0.504 e. The third-order valence-electron chi connectivity index (χ3n) is 8.00. The summed E-state index contributed by atoms with van der Waals surface area (Å²) in [5.41, 5.74) is 3.27. The Kier molecular flexibility index (Phi) is 9.14. The van der Waals surface area contributed by atoms with Crippen LogP contribution in [0.5, 0.6) is 5.75 Å². The molecule has 5 rings (SSSR count). The standard InChI is InChI=1S/C29H33ClFN3O3.ClH/c1-17(36)24-14-32-27-9-6-19(20-12-25(30)29(37)26(31)13-20)11-23(27)28(24)33-21-7-4-18(5-8-21)15-34-10-2-3-22(34)16-35;/h6,9,11-14,18,21-22,35,37H,2-5,7-8,10,15-16H2,1H3,(H,32,33);1H/t18?,21?,22-;/m1./s1. The first-order valence-electron chi connectivity index (χ1n) is 13.1. The summed E-state index contributed by atoms with van der Waals surface area (Å²) in [6.07, 6.45) is 8.07. The Bertz CT molecular complexity index is 1290. The highest BCUT2D eigenvalue weighted by atomic mass is 35.5. The van der Waals surface area contributed by atoms with Crippen molar-refractivity contribution >= 4 is 46.4 Å². The Morgan fingerprint density at radius 1 is 1.16 bits per heavy atom. The first kappa shape index (κ1) is 28.6. The van der Waals surface area contributed by atoms with Gasteiger partial charge >= 0.3 is 0 Å². The number of ketones is 1. The van der Waals surface area contributed by atoms with Crippen molar-refractivity contribution in [3.63, 3.8) is 0 Å². The van der Waals surface area contributed by atoms with Crippen LogP contribution in [0, 0.1) is 11.7 Å². The van der Waals surface area contributed by atoms with E-state index in [0.717, 1.165) is 68.2 Å². The van der Waals surface area contributed by atoms with Crippen LogP contribution in [0.3, 0.4) is 0 Å². The molecule has 38 heavy (non-hydrogen) atoms. The molecule has 1 aliphatic carbocycles. The average molecular weight is 563 g/mol. The fourth-order valence-electron chi connectivity index (χ4n) is 5.89. The number of aliphatic hydroxyl groups excluding tert-OH is 1. The number of anilines is 1. The second-order valence-corrected chi connectivity index (χ2v) is 10.9. The van der Waals surface area contributed by atoms with Crippen molar-refractivity contribution in [1.29, 1.82) is 0 Å². The summed E-state index contributed by atoms with van der Waals surface area (Å²) in [6, 6.07) is 8.90. The molecule has 1 aromatic heterocycles. The number of carbonyl (C=O) groups excluding carboxylic acids is 1. The predicted octanol–water partition coefficient (Wildman–Crippen LogP) is 6.45. The second-order valence-electron chi connectivity index (χ2n) is 10.5. The molecule has 0 unspecified atom stereocenters. The van der Waals surface area contributed by atoms with E-state index in [9.17, 15) is 19.4 Å². The molecule has 1 saturated heterocycles. The van der Waals surface area contributed by atoms with Crippen LogP contribution in [0.2, 0.25) is 5.02 Å². The summed E-state index contributed by atoms with van der Waals surface area (Å²) in [5.74, 6) is -0.805. The summed E-state index contributed by atoms with van der Waals surface area (Å²) < 4.78 is 14.2. The predicted molar refractivity (Wildman–Crippen MR) is 152 cm³/mol. The lowest BCUT2D eigenvalue weighted by atomic mass is 9.85. The van der Waals surface area contributed by atoms with Gasteiger partial charge in [0.15, 0.2) is 17.3 Å². The van der Waals surface area contributed by atoms with Crippen molar-refractivity contribution in [1.82, 2.24) is 9.88 Å². The lowest BCUT2D eigenvalue weighted by molar-refractivity contribution is 0.101. The number of phenols is 1. The normalized spacial score (nSPS) is 21.8. The van der Waals surface area contributed by atoms with Crippen LogP contribution in [0.15, 0.2) is 36.5 Å². The maximum Gasteiger partial charge on any atom is 0.170 e. The molecule has 2 aromatic carbocycles. The number of hydrogen-bond donors (Lipinski definition) is 3. The maximum absolute atomic E-state index is 14.2. The Morgan fingerprint density at radius 2 is 1.92 bits per heavy atom. The van der Waals surface area contributed by atoms with Gasteiger partial charge in [-0.25, -0.2) is 4.39 Å². The van der Waals surface area contributed by atoms with Crippen LogP contribution < -0.4 is 5.32 Å². The van der Waals surface area contributed by atoms with E-state index >= 15 is 0 Å². The van der Waals surface area contributed by atoms with Crippen LogP contribution >= 0.6 is 24.0 Å². The number of pyridine rings is 1. The zero-order valence-electron chi connectivity index (χ0n) is 21.4. The molecule has 3 aromatic rings. The minimum absolute atomic E-state index is 0. The monoisotopic (exact) mass is 561 g/mol. The first-order chi connectivity index (χ1) is 17.8. The zero-order chi connectivity index (χ0) is 26.1. The van der Waals surface area contributed by atoms with Gasteiger partial charge < -0.3 is 15.5 Å². The van der Waals surface area contributed by atoms with E-state index < -0.39 is 11.6 Å². The Balaban J connectivity index is 0.00000336. The number of phenolic OH excluding ortho intramolecular Hbond substituents is 1. The fraction of sp³-hybridized carbons (Fsp3) is 0.448. The summed E-state index contributed by atoms with van der Waals surface area (Å²) in [5, 5.41) is 23.8. The van der Waals surface area contributed by atoms with Crippen LogP contribution in [0.4, 0.5) is 10.1 Å². The number of nitrogens with zero attached hydrogens (tertiary/aromatic N) is 2. The van der Waals surface area contributed by atoms with E-state index in [1.807, 2.05) is 18.2 Å². The van der Waals surface area contributed by atoms with Crippen LogP contribution in [-0.2, 0) is 0 Å². The van der Waals surface area contributed by atoms with Gasteiger partial charge in [-0.3, -0.25) is 14.7 Å². The minimum atomic E-state index is -0.785. The topological polar surface area (TPSA) is 85.7 Å². The molecule has 2 heterocycles. The number of aromatic hydroxyl groups is 1. The quantitative estimate of drug-likeness (QED) is 0.287. The fourth-order valence-corrected chi connectivity index (χ4v) is 6.10. The van der Waals surface area contributed by atoms with Gasteiger partial charge in [0.25, 0.3) is 0 Å². The third kappa shape index (κ3) is 5.91. The number of fused-ring (bicyclic) bond motifs is 1. The number of nitrogens with one attached hydrogen (secondary N) is 1. The zero-order valence-corrected chi connectivity index (χ0v) is 23.0. The van der Waals surface area contributed by atoms with Gasteiger partial charge in [-0.2, -0.15) is 0 Å². The van der Waals surface area contributed by atoms with E-state index in [-0.39, 0.29) is 35.9 Å². The van der Waals surface area contributed by atoms with Gasteiger partial charge in [0, 0.05) is 30.2 Å². The largest absolute Gasteiger partial charge is 0.504 e. The molecule has 0 radical (unpaired) electrons. The van der Waals surface area contributed by atoms with E-state index in [0.29, 0.717) is 28.7 Å². The lowest BCUT2D eigenvalue weighted by Crippen LogP contribution is -2.38. The highest BCUT2D eigenvalue weighted by molar-refractivity contribution is 6.32. The number of carbonyl (C=O) groups is 1. The smallest absolute Gasteiger partial charge is 0.170 e. The van der Waals surface area contributed by atoms with Crippen molar-refractivity contribution < 1.29 is 19.4 Å². The molecule has 0 bridgehead atoms. The Morgan fingerprint density at radius 3 is 2.61 bits per heavy atom. The summed E-state index contributed by atoms with van der Waals surface area (Å²) in [4.78, 5) is 19.5. The second kappa shape index (κ2) is 12.2. The number of aromatic nitrogens is 1. The summed E-state index contributed by atoms with van der Waals surface area (Å²) in [7, 11) is 0. The number of benzene rings is 2. The van der Waals surface area contributed by atoms with Crippen LogP contribution in [0.1, 0.15) is 55.8 Å². The SMILES string of the molecule is CC(=O)c1cnc2ccc(-c3cc(F)c(O)c(Cl)c3)cc2c1NC1CCC(CN2CCC[C@@H]2CO)CC1.Cl. The van der Waals surface area contributed by atoms with Crippen molar-refractivity contribution in [2.45, 2.75) is 57.5 Å². The van der Waals surface area contributed by atoms with Gasteiger partial charge in [0.1, 0.15) is 0 Å². The number of halogens is 3. The Hall–Kier alpha value is -2.45. The molecule has 1 saturated carbocycles. The molecule has 0 spiro atoms. The van der Waals surface area contributed by atoms with E-state index in [1.54, 1.807) is 6.20 Å². The Labute approximate surface area is 233 Å². The average Bonchev–Trinajstić information content (AvgIpc) is 3.34.